The molecule has 0 bridgehead atoms. The van der Waals surface area contributed by atoms with E-state index in [-0.39, 0.29) is 11.1 Å². The number of hydrogen-bond donors (Lipinski definition) is 1. The maximum Gasteiger partial charge on any atom is 0.162 e. The number of aromatic nitrogens is 4. The minimum absolute atomic E-state index is 0.0814. The SMILES string of the molecule is CC(C)(C)c1nnnn1-c1ccc(F)c(N)c1. The van der Waals surface area contributed by atoms with Crippen LogP contribution in [0.3, 0.4) is 0 Å². The van der Waals surface area contributed by atoms with Crippen LogP contribution in [-0.4, -0.2) is 20.2 Å². The Bertz CT molecular complexity index is 541. The van der Waals surface area contributed by atoms with Gasteiger partial charge in [-0.25, -0.2) is 4.39 Å². The molecule has 6 heteroatoms. The Morgan fingerprint density at radius 3 is 2.59 bits per heavy atom. The molecule has 1 aromatic heterocycles. The zero-order valence-electron chi connectivity index (χ0n) is 9.98. The Morgan fingerprint density at radius 2 is 2.00 bits per heavy atom. The molecule has 2 aromatic rings. The molecule has 0 aliphatic rings. The molecule has 1 heterocycles. The summed E-state index contributed by atoms with van der Waals surface area (Å²) >= 11 is 0. The number of halogens is 1. The van der Waals surface area contributed by atoms with Gasteiger partial charge in [0.1, 0.15) is 5.82 Å². The molecular formula is C11H14FN5. The largest absolute Gasteiger partial charge is 0.396 e. The van der Waals surface area contributed by atoms with Crippen molar-refractivity contribution in [2.24, 2.45) is 0 Å². The summed E-state index contributed by atoms with van der Waals surface area (Å²) in [5.74, 6) is 0.252. The first-order valence-corrected chi connectivity index (χ1v) is 5.24. The van der Waals surface area contributed by atoms with Gasteiger partial charge in [0.25, 0.3) is 0 Å². The molecule has 0 fully saturated rings. The molecule has 1 aromatic carbocycles. The predicted octanol–water partition coefficient (Wildman–Crippen LogP) is 1.68. The van der Waals surface area contributed by atoms with E-state index >= 15 is 0 Å². The summed E-state index contributed by atoms with van der Waals surface area (Å²) in [6.45, 7) is 6.01. The van der Waals surface area contributed by atoms with Crippen molar-refractivity contribution < 1.29 is 4.39 Å². The Labute approximate surface area is 98.4 Å². The smallest absolute Gasteiger partial charge is 0.162 e. The van der Waals surface area contributed by atoms with Crippen LogP contribution >= 0.6 is 0 Å². The summed E-state index contributed by atoms with van der Waals surface area (Å²) in [6.07, 6.45) is 0. The highest BCUT2D eigenvalue weighted by Crippen LogP contribution is 2.23. The number of rotatable bonds is 1. The van der Waals surface area contributed by atoms with Crippen molar-refractivity contribution in [1.29, 1.82) is 0 Å². The van der Waals surface area contributed by atoms with E-state index in [4.69, 9.17) is 5.73 Å². The fraction of sp³-hybridized carbons (Fsp3) is 0.364. The van der Waals surface area contributed by atoms with Gasteiger partial charge in [0.2, 0.25) is 0 Å². The van der Waals surface area contributed by atoms with E-state index in [1.54, 1.807) is 10.7 Å². The highest BCUT2D eigenvalue weighted by atomic mass is 19.1. The van der Waals surface area contributed by atoms with Gasteiger partial charge >= 0.3 is 0 Å². The van der Waals surface area contributed by atoms with Gasteiger partial charge in [0.05, 0.1) is 11.4 Å². The fourth-order valence-electron chi connectivity index (χ4n) is 1.49. The minimum atomic E-state index is -0.445. The molecule has 17 heavy (non-hydrogen) atoms. The van der Waals surface area contributed by atoms with E-state index in [2.05, 4.69) is 15.5 Å². The van der Waals surface area contributed by atoms with E-state index in [0.717, 1.165) is 0 Å². The van der Waals surface area contributed by atoms with E-state index in [0.29, 0.717) is 11.5 Å². The molecule has 0 amide bonds. The highest BCUT2D eigenvalue weighted by molar-refractivity contribution is 5.48. The first-order valence-electron chi connectivity index (χ1n) is 5.24. The molecule has 0 aliphatic carbocycles. The Morgan fingerprint density at radius 1 is 1.29 bits per heavy atom. The van der Waals surface area contributed by atoms with E-state index in [1.165, 1.54) is 12.1 Å². The maximum absolute atomic E-state index is 13.1. The second-order valence-electron chi connectivity index (χ2n) is 4.87. The van der Waals surface area contributed by atoms with Crippen molar-refractivity contribution in [3.05, 3.63) is 29.8 Å². The molecule has 5 nitrogen and oxygen atoms in total. The number of benzene rings is 1. The maximum atomic E-state index is 13.1. The van der Waals surface area contributed by atoms with Crippen LogP contribution in [0.4, 0.5) is 10.1 Å². The van der Waals surface area contributed by atoms with Gasteiger partial charge in [-0.05, 0) is 28.6 Å². The molecule has 0 saturated carbocycles. The number of nitrogens with zero attached hydrogens (tertiary/aromatic N) is 4. The van der Waals surface area contributed by atoms with Gasteiger partial charge in [-0.1, -0.05) is 20.8 Å². The summed E-state index contributed by atoms with van der Waals surface area (Å²) in [4.78, 5) is 0. The molecule has 90 valence electrons. The van der Waals surface area contributed by atoms with Crippen molar-refractivity contribution in [1.82, 2.24) is 20.2 Å². The molecule has 0 atom stereocenters. The number of nitrogens with two attached hydrogens (primary N) is 1. The lowest BCUT2D eigenvalue weighted by Gasteiger charge is -2.17. The first kappa shape index (κ1) is 11.5. The highest BCUT2D eigenvalue weighted by Gasteiger charge is 2.22. The monoisotopic (exact) mass is 235 g/mol. The summed E-state index contributed by atoms with van der Waals surface area (Å²) in [6, 6.07) is 4.41. The minimum Gasteiger partial charge on any atom is -0.396 e. The topological polar surface area (TPSA) is 69.6 Å². The van der Waals surface area contributed by atoms with Gasteiger partial charge in [0, 0.05) is 5.41 Å². The Kier molecular flexibility index (Phi) is 2.57. The van der Waals surface area contributed by atoms with Crippen LogP contribution in [-0.2, 0) is 5.41 Å². The van der Waals surface area contributed by atoms with Gasteiger partial charge in [-0.3, -0.25) is 0 Å². The van der Waals surface area contributed by atoms with Gasteiger partial charge < -0.3 is 5.73 Å². The molecule has 2 rings (SSSR count). The number of nitrogen functional groups attached to an aromatic ring is 1. The molecule has 0 spiro atoms. The molecule has 0 radical (unpaired) electrons. The average molecular weight is 235 g/mol. The van der Waals surface area contributed by atoms with Crippen LogP contribution < -0.4 is 5.73 Å². The standard InChI is InChI=1S/C11H14FN5/c1-11(2,3)10-14-15-16-17(10)7-4-5-8(12)9(13)6-7/h4-6H,13H2,1-3H3. The number of tetrazole rings is 1. The normalized spacial score (nSPS) is 11.8. The predicted molar refractivity (Wildman–Crippen MR) is 62.2 cm³/mol. The molecule has 0 unspecified atom stereocenters. The second-order valence-corrected chi connectivity index (χ2v) is 4.87. The lowest BCUT2D eigenvalue weighted by Crippen LogP contribution is -2.19. The third kappa shape index (κ3) is 2.11. The summed E-state index contributed by atoms with van der Waals surface area (Å²) in [7, 11) is 0. The molecular weight excluding hydrogens is 221 g/mol. The zero-order chi connectivity index (χ0) is 12.6. The Hall–Kier alpha value is -1.98. The van der Waals surface area contributed by atoms with Crippen LogP contribution in [0, 0.1) is 5.82 Å². The third-order valence-corrected chi connectivity index (χ3v) is 2.36. The van der Waals surface area contributed by atoms with Crippen LogP contribution in [0.1, 0.15) is 26.6 Å². The lowest BCUT2D eigenvalue weighted by molar-refractivity contribution is 0.525. The van der Waals surface area contributed by atoms with E-state index in [1.807, 2.05) is 20.8 Å². The van der Waals surface area contributed by atoms with Crippen molar-refractivity contribution in [2.45, 2.75) is 26.2 Å². The van der Waals surface area contributed by atoms with E-state index < -0.39 is 5.82 Å². The van der Waals surface area contributed by atoms with Gasteiger partial charge in [0.15, 0.2) is 5.82 Å². The number of hydrogen-bond acceptors (Lipinski definition) is 4. The van der Waals surface area contributed by atoms with Crippen molar-refractivity contribution >= 4 is 5.69 Å². The molecule has 0 aliphatic heterocycles. The summed E-state index contributed by atoms with van der Waals surface area (Å²) in [5.41, 5.74) is 6.06. The summed E-state index contributed by atoms with van der Waals surface area (Å²) in [5, 5.41) is 11.5. The zero-order valence-corrected chi connectivity index (χ0v) is 9.98. The van der Waals surface area contributed by atoms with Crippen molar-refractivity contribution in [2.75, 3.05) is 5.73 Å². The van der Waals surface area contributed by atoms with Crippen molar-refractivity contribution in [3.8, 4) is 5.69 Å². The Balaban J connectivity index is 2.54. The van der Waals surface area contributed by atoms with Crippen LogP contribution in [0.15, 0.2) is 18.2 Å². The van der Waals surface area contributed by atoms with E-state index in [9.17, 15) is 4.39 Å². The van der Waals surface area contributed by atoms with Crippen LogP contribution in [0.25, 0.3) is 5.69 Å². The fourth-order valence-corrected chi connectivity index (χ4v) is 1.49. The quantitative estimate of drug-likeness (QED) is 0.763. The summed E-state index contributed by atoms with van der Waals surface area (Å²) < 4.78 is 14.7. The lowest BCUT2D eigenvalue weighted by atomic mass is 9.96. The number of anilines is 1. The van der Waals surface area contributed by atoms with Crippen LogP contribution in [0.5, 0.6) is 0 Å². The van der Waals surface area contributed by atoms with Gasteiger partial charge in [-0.2, -0.15) is 4.68 Å². The second kappa shape index (κ2) is 3.80. The third-order valence-electron chi connectivity index (χ3n) is 2.36. The van der Waals surface area contributed by atoms with Gasteiger partial charge in [-0.15, -0.1) is 5.10 Å². The average Bonchev–Trinajstić information content (AvgIpc) is 2.70. The molecule has 2 N–H and O–H groups in total. The van der Waals surface area contributed by atoms with Crippen LogP contribution in [0.2, 0.25) is 0 Å². The van der Waals surface area contributed by atoms with Crippen molar-refractivity contribution in [3.63, 3.8) is 0 Å². The first-order chi connectivity index (χ1) is 7.89. The molecule has 0 saturated heterocycles.